The molecule has 0 aliphatic heterocycles. The minimum atomic E-state index is -5.77. The van der Waals surface area contributed by atoms with Crippen LogP contribution >= 0.6 is 11.6 Å². The molecule has 0 bridgehead atoms. The zero-order valence-corrected chi connectivity index (χ0v) is 17.6. The van der Waals surface area contributed by atoms with Gasteiger partial charge in [0.15, 0.2) is 6.61 Å². The van der Waals surface area contributed by atoms with E-state index in [9.17, 15) is 26.2 Å². The van der Waals surface area contributed by atoms with Crippen LogP contribution in [0.1, 0.15) is 20.8 Å². The number of nitrogens with zero attached hydrogens (tertiary/aromatic N) is 1. The largest absolute Gasteiger partial charge is 0.486 e. The fourth-order valence-corrected chi connectivity index (χ4v) is 2.29. The van der Waals surface area contributed by atoms with Crippen molar-refractivity contribution in [1.29, 1.82) is 4.78 Å². The molecule has 0 radical (unpaired) electrons. The highest BCUT2D eigenvalue weighted by Crippen LogP contribution is 2.36. The van der Waals surface area contributed by atoms with E-state index in [2.05, 4.69) is 16.3 Å². The van der Waals surface area contributed by atoms with E-state index < -0.39 is 34.2 Å². The molecule has 0 saturated heterocycles. The summed E-state index contributed by atoms with van der Waals surface area (Å²) >= 11 is 5.70. The topological polar surface area (TPSA) is 62.5 Å². The number of rotatable bonds is 10. The molecule has 0 aliphatic rings. The molecule has 1 atom stereocenters. The predicted molar refractivity (Wildman–Crippen MR) is 107 cm³/mol. The minimum Gasteiger partial charge on any atom is -0.486 e. The first-order chi connectivity index (χ1) is 13.2. The summed E-state index contributed by atoms with van der Waals surface area (Å²) in [5.41, 5.74) is 0.175. The third-order valence-corrected chi connectivity index (χ3v) is 4.80. The van der Waals surface area contributed by atoms with Crippen LogP contribution in [0.3, 0.4) is 0 Å². The Morgan fingerprint density at radius 3 is 2.31 bits per heavy atom. The Morgan fingerprint density at radius 2 is 1.86 bits per heavy atom. The number of ether oxygens (including phenoxy) is 1. The molecule has 0 aromatic carbocycles. The average Bonchev–Trinajstić information content (AvgIpc) is 2.59. The van der Waals surface area contributed by atoms with Gasteiger partial charge in [-0.2, -0.15) is 22.0 Å². The molecule has 0 spiro atoms. The van der Waals surface area contributed by atoms with E-state index >= 15 is 0 Å². The third kappa shape index (κ3) is 9.89. The van der Waals surface area contributed by atoms with Gasteiger partial charge in [-0.15, -0.1) is 0 Å². The highest BCUT2D eigenvalue weighted by molar-refractivity contribution is 7.95. The van der Waals surface area contributed by atoms with Gasteiger partial charge in [0.1, 0.15) is 5.76 Å². The van der Waals surface area contributed by atoms with Crippen LogP contribution in [-0.4, -0.2) is 34.9 Å². The number of alkyl halides is 5. The van der Waals surface area contributed by atoms with Crippen LogP contribution in [0.4, 0.5) is 22.0 Å². The Bertz CT molecular complexity index is 835. The maximum atomic E-state index is 13.0. The van der Waals surface area contributed by atoms with Crippen molar-refractivity contribution in [2.45, 2.75) is 32.9 Å². The molecule has 0 aliphatic carbocycles. The summed E-state index contributed by atoms with van der Waals surface area (Å²) in [4.78, 5) is 4.03. The number of halogens is 6. The molecule has 1 unspecified atom stereocenters. The van der Waals surface area contributed by atoms with E-state index in [1.54, 1.807) is 26.0 Å². The Labute approximate surface area is 172 Å². The Balaban J connectivity index is 5.67. The van der Waals surface area contributed by atoms with Gasteiger partial charge in [-0.25, -0.2) is 8.99 Å². The van der Waals surface area contributed by atoms with Crippen LogP contribution in [0, 0.1) is 4.78 Å². The van der Waals surface area contributed by atoms with Crippen LogP contribution < -0.4 is 0 Å². The minimum absolute atomic E-state index is 0.0220. The smallest absolute Gasteiger partial charge is 0.456 e. The van der Waals surface area contributed by atoms with E-state index in [4.69, 9.17) is 16.4 Å². The molecular weight excluding hydrogens is 439 g/mol. The normalized spacial score (nSPS) is 17.1. The predicted octanol–water partition coefficient (Wildman–Crippen LogP) is 6.34. The summed E-state index contributed by atoms with van der Waals surface area (Å²) < 4.78 is 87.1. The van der Waals surface area contributed by atoms with Crippen molar-refractivity contribution in [3.8, 4) is 0 Å². The summed E-state index contributed by atoms with van der Waals surface area (Å²) in [7, 11) is -3.09. The molecule has 4 nitrogen and oxygen atoms in total. The van der Waals surface area contributed by atoms with Gasteiger partial charge in [0, 0.05) is 17.4 Å². The van der Waals surface area contributed by atoms with E-state index in [1.807, 2.05) is 0 Å². The average molecular weight is 461 g/mol. The molecule has 0 aromatic rings. The molecule has 0 amide bonds. The zero-order valence-electron chi connectivity index (χ0n) is 16.0. The number of nitrogens with one attached hydrogen (secondary N) is 1. The van der Waals surface area contributed by atoms with E-state index in [0.717, 1.165) is 11.5 Å². The lowest BCUT2D eigenvalue weighted by atomic mass is 10.2. The van der Waals surface area contributed by atoms with Crippen molar-refractivity contribution in [2.75, 3.05) is 12.4 Å². The summed E-state index contributed by atoms with van der Waals surface area (Å²) in [6.45, 7) is 6.25. The molecule has 0 aromatic heterocycles. The van der Waals surface area contributed by atoms with Crippen LogP contribution in [0.5, 0.6) is 0 Å². The first kappa shape index (κ1) is 27.1. The maximum absolute atomic E-state index is 13.0. The van der Waals surface area contributed by atoms with Crippen molar-refractivity contribution in [3.63, 3.8) is 0 Å². The number of aliphatic imine (C=N–C) groups is 1. The Morgan fingerprint density at radius 1 is 1.28 bits per heavy atom. The molecular formula is C18H22ClF5N2O2S. The van der Waals surface area contributed by atoms with Gasteiger partial charge in [0.2, 0.25) is 0 Å². The van der Waals surface area contributed by atoms with Gasteiger partial charge >= 0.3 is 12.1 Å². The third-order valence-electron chi connectivity index (χ3n) is 3.15. The monoisotopic (exact) mass is 460 g/mol. The summed E-state index contributed by atoms with van der Waals surface area (Å²) in [6, 6.07) is 0. The molecule has 0 heterocycles. The fraction of sp³-hybridized carbons (Fsp3) is 0.389. The van der Waals surface area contributed by atoms with Gasteiger partial charge in [-0.3, -0.25) is 4.99 Å². The van der Waals surface area contributed by atoms with Crippen LogP contribution in [0.15, 0.2) is 63.3 Å². The van der Waals surface area contributed by atoms with Crippen molar-refractivity contribution in [2.24, 2.45) is 4.99 Å². The van der Waals surface area contributed by atoms with Gasteiger partial charge in [0.05, 0.1) is 20.5 Å². The first-order valence-corrected chi connectivity index (χ1v) is 10.3. The van der Waals surface area contributed by atoms with Crippen molar-refractivity contribution >= 4 is 27.5 Å². The first-order valence-electron chi connectivity index (χ1n) is 8.11. The quantitative estimate of drug-likeness (QED) is 0.179. The van der Waals surface area contributed by atoms with Gasteiger partial charge in [-0.05, 0) is 37.6 Å². The molecule has 0 fully saturated rings. The van der Waals surface area contributed by atoms with Crippen molar-refractivity contribution in [1.82, 2.24) is 0 Å². The Kier molecular flexibility index (Phi) is 10.5. The van der Waals surface area contributed by atoms with E-state index in [0.29, 0.717) is 0 Å². The highest BCUT2D eigenvalue weighted by atomic mass is 35.5. The number of hydrogen-bond donors (Lipinski definition) is 1. The van der Waals surface area contributed by atoms with Crippen LogP contribution in [-0.2, 0) is 14.5 Å². The second-order valence-electron chi connectivity index (χ2n) is 5.57. The zero-order chi connectivity index (χ0) is 22.9. The molecule has 11 heteroatoms. The van der Waals surface area contributed by atoms with E-state index in [-0.39, 0.29) is 22.1 Å². The molecule has 164 valence electrons. The SMILES string of the molecule is C=C(/C=C\C(OCC(F)(F)C(F)(F)F)=C(/C)Cl)C(=C\S(=N)(=O)CC)/N=C\C=C/C. The molecule has 1 N–H and O–H groups in total. The lowest BCUT2D eigenvalue weighted by Gasteiger charge is -2.20. The standard InChI is InChI=1S/C18H22ClF5N2O2S/c1-5-7-10-26-15(11-29(25,27)6-2)13(3)8-9-16(14(4)19)28-12-17(20,21)18(22,23)24/h5,7-11,25H,3,6,12H2,1-2,4H3/b7-5-,9-8-,15-11+,16-14-,26-10-. The number of hydrogen-bond acceptors (Lipinski definition) is 4. The second-order valence-corrected chi connectivity index (χ2v) is 8.40. The van der Waals surface area contributed by atoms with Crippen LogP contribution in [0.2, 0.25) is 0 Å². The van der Waals surface area contributed by atoms with Crippen molar-refractivity contribution in [3.05, 3.63) is 58.4 Å². The summed E-state index contributed by atoms with van der Waals surface area (Å²) in [5.74, 6) is -5.47. The molecule has 0 rings (SSSR count). The van der Waals surface area contributed by atoms with Gasteiger partial charge < -0.3 is 4.74 Å². The number of allylic oxidation sites excluding steroid dienone is 5. The lowest BCUT2D eigenvalue weighted by molar-refractivity contribution is -0.293. The van der Waals surface area contributed by atoms with Crippen molar-refractivity contribution < 1.29 is 30.9 Å². The van der Waals surface area contributed by atoms with Crippen LogP contribution in [0.25, 0.3) is 0 Å². The second kappa shape index (κ2) is 11.3. The highest BCUT2D eigenvalue weighted by Gasteiger charge is 2.58. The summed E-state index contributed by atoms with van der Waals surface area (Å²) in [6.07, 6.45) is 1.06. The molecule has 29 heavy (non-hydrogen) atoms. The Hall–Kier alpha value is -1.94. The lowest BCUT2D eigenvalue weighted by Crippen LogP contribution is -2.40. The maximum Gasteiger partial charge on any atom is 0.456 e. The van der Waals surface area contributed by atoms with E-state index in [1.165, 1.54) is 19.2 Å². The van der Waals surface area contributed by atoms with Gasteiger partial charge in [-0.1, -0.05) is 31.2 Å². The fourth-order valence-electron chi connectivity index (χ4n) is 1.44. The van der Waals surface area contributed by atoms with Gasteiger partial charge in [0.25, 0.3) is 0 Å². The summed E-state index contributed by atoms with van der Waals surface area (Å²) in [5, 5.41) is 0.919. The molecule has 0 saturated carbocycles.